The Bertz CT molecular complexity index is 1930. The first kappa shape index (κ1) is 23.2. The Morgan fingerprint density at radius 2 is 1.21 bits per heavy atom. The summed E-state index contributed by atoms with van der Waals surface area (Å²) >= 11 is 3.31. The standard InChI is InChI=1S/C32H21N2OPS2/c35-30-24-16-7-9-20-28(24)37-32(34-30)27-19-11-18-26(31-33-25-17-8-10-21-29(25)38-31)36(27,22-12-3-1-4-13-22)23-14-5-2-6-15-23/h1-21H. The van der Waals surface area contributed by atoms with Crippen LogP contribution in [0.1, 0.15) is 10.0 Å². The SMILES string of the molecule is O=c1nc(C2=CC=CC(c3nc4ccccc4s3)=P2(c2ccccc2)c2ccccc2)sc2ccccc12. The largest absolute Gasteiger partial charge is 0.279 e. The summed E-state index contributed by atoms with van der Waals surface area (Å²) in [6, 6.07) is 37.4. The highest BCUT2D eigenvalue weighted by atomic mass is 32.1. The Morgan fingerprint density at radius 1 is 0.605 bits per heavy atom. The zero-order chi connectivity index (χ0) is 25.5. The van der Waals surface area contributed by atoms with Crippen molar-refractivity contribution in [2.75, 3.05) is 0 Å². The minimum Gasteiger partial charge on any atom is -0.267 e. The van der Waals surface area contributed by atoms with E-state index in [0.29, 0.717) is 5.39 Å². The zero-order valence-corrected chi connectivity index (χ0v) is 22.7. The quantitative estimate of drug-likeness (QED) is 0.223. The summed E-state index contributed by atoms with van der Waals surface area (Å²) in [7, 11) is 0. The number of rotatable bonds is 4. The summed E-state index contributed by atoms with van der Waals surface area (Å²) < 4.78 is 2.10. The zero-order valence-electron chi connectivity index (χ0n) is 20.2. The highest BCUT2D eigenvalue weighted by molar-refractivity contribution is 7.98. The van der Waals surface area contributed by atoms with Gasteiger partial charge in [0.2, 0.25) is 0 Å². The lowest BCUT2D eigenvalue weighted by Crippen LogP contribution is -2.25. The van der Waals surface area contributed by atoms with Crippen LogP contribution in [0.3, 0.4) is 0 Å². The smallest absolute Gasteiger partial charge is 0.267 e. The van der Waals surface area contributed by atoms with E-state index < -0.39 is 6.89 Å². The van der Waals surface area contributed by atoms with Crippen LogP contribution in [0.2, 0.25) is 0 Å². The van der Waals surface area contributed by atoms with Gasteiger partial charge in [0.15, 0.2) is 0 Å². The minimum absolute atomic E-state index is 0.189. The maximum absolute atomic E-state index is 13.2. The molecule has 38 heavy (non-hydrogen) atoms. The molecule has 1 aliphatic rings. The monoisotopic (exact) mass is 544 g/mol. The van der Waals surface area contributed by atoms with Gasteiger partial charge < -0.3 is 0 Å². The number of para-hydroxylation sites is 1. The van der Waals surface area contributed by atoms with Gasteiger partial charge in [0.05, 0.1) is 15.6 Å². The second kappa shape index (κ2) is 9.45. The number of fused-ring (bicyclic) bond motifs is 2. The van der Waals surface area contributed by atoms with Crippen LogP contribution in [0, 0.1) is 0 Å². The van der Waals surface area contributed by atoms with Crippen molar-refractivity contribution in [2.45, 2.75) is 0 Å². The topological polar surface area (TPSA) is 42.9 Å². The van der Waals surface area contributed by atoms with Gasteiger partial charge in [-0.05, 0) is 41.8 Å². The van der Waals surface area contributed by atoms with E-state index in [-0.39, 0.29) is 5.56 Å². The van der Waals surface area contributed by atoms with Gasteiger partial charge in [-0.15, -0.1) is 22.7 Å². The fourth-order valence-corrected chi connectivity index (χ4v) is 12.2. The van der Waals surface area contributed by atoms with Crippen LogP contribution in [0.4, 0.5) is 0 Å². The van der Waals surface area contributed by atoms with E-state index in [0.717, 1.165) is 30.2 Å². The minimum atomic E-state index is -2.46. The first-order chi connectivity index (χ1) is 18.7. The third-order valence-corrected chi connectivity index (χ3v) is 13.5. The van der Waals surface area contributed by atoms with Crippen LogP contribution in [0.25, 0.3) is 25.6 Å². The van der Waals surface area contributed by atoms with E-state index in [9.17, 15) is 4.79 Å². The summed E-state index contributed by atoms with van der Waals surface area (Å²) in [5.41, 5.74) is 0.808. The molecule has 3 heterocycles. The summed E-state index contributed by atoms with van der Waals surface area (Å²) in [4.78, 5) is 23.1. The molecular formula is C32H21N2OPS2. The Hall–Kier alpha value is -3.89. The molecule has 3 nitrogen and oxygen atoms in total. The van der Waals surface area contributed by atoms with Crippen LogP contribution < -0.4 is 16.2 Å². The highest BCUT2D eigenvalue weighted by Crippen LogP contribution is 2.62. The predicted molar refractivity (Wildman–Crippen MR) is 166 cm³/mol. The molecule has 1 aliphatic heterocycles. The van der Waals surface area contributed by atoms with Crippen molar-refractivity contribution in [3.05, 3.63) is 148 Å². The van der Waals surface area contributed by atoms with Crippen LogP contribution in [-0.4, -0.2) is 15.3 Å². The molecule has 6 heteroatoms. The van der Waals surface area contributed by atoms with E-state index in [2.05, 4.69) is 97.1 Å². The second-order valence-electron chi connectivity index (χ2n) is 8.95. The first-order valence-electron chi connectivity index (χ1n) is 12.3. The lowest BCUT2D eigenvalue weighted by atomic mass is 10.3. The number of aromatic nitrogens is 2. The maximum Gasteiger partial charge on any atom is 0.279 e. The molecule has 4 aromatic carbocycles. The molecule has 0 atom stereocenters. The molecule has 0 fully saturated rings. The molecule has 0 radical (unpaired) electrons. The fourth-order valence-electron chi connectivity index (χ4n) is 5.12. The van der Waals surface area contributed by atoms with Gasteiger partial charge in [0.25, 0.3) is 5.56 Å². The Balaban J connectivity index is 1.66. The molecule has 0 spiro atoms. The van der Waals surface area contributed by atoms with Crippen molar-refractivity contribution in [2.24, 2.45) is 0 Å². The summed E-state index contributed by atoms with van der Waals surface area (Å²) in [6.45, 7) is -2.46. The van der Waals surface area contributed by atoms with E-state index in [1.54, 1.807) is 22.7 Å². The molecule has 0 saturated heterocycles. The number of hydrogen-bond acceptors (Lipinski definition) is 5. The van der Waals surface area contributed by atoms with Gasteiger partial charge in [-0.2, -0.15) is 4.98 Å². The van der Waals surface area contributed by atoms with E-state index in [1.807, 2.05) is 30.3 Å². The summed E-state index contributed by atoms with van der Waals surface area (Å²) in [5.74, 6) is 0. The average molecular weight is 545 g/mol. The number of allylic oxidation sites excluding steroid dienone is 3. The predicted octanol–water partition coefficient (Wildman–Crippen LogP) is 7.07. The number of hydrogen-bond donors (Lipinski definition) is 0. The Morgan fingerprint density at radius 3 is 1.92 bits per heavy atom. The number of thiazole rings is 1. The van der Waals surface area contributed by atoms with Crippen molar-refractivity contribution in [3.8, 4) is 0 Å². The fraction of sp³-hybridized carbons (Fsp3) is 0. The van der Waals surface area contributed by atoms with Crippen LogP contribution >= 0.6 is 29.6 Å². The normalized spacial score (nSPS) is 14.6. The van der Waals surface area contributed by atoms with E-state index in [1.165, 1.54) is 15.9 Å². The van der Waals surface area contributed by atoms with Gasteiger partial charge in [0.1, 0.15) is 10.0 Å². The van der Waals surface area contributed by atoms with Crippen LogP contribution in [0.15, 0.2) is 132 Å². The van der Waals surface area contributed by atoms with Gasteiger partial charge in [-0.3, -0.25) is 4.79 Å². The third kappa shape index (κ3) is 3.66. The van der Waals surface area contributed by atoms with Crippen molar-refractivity contribution >= 4 is 71.1 Å². The summed E-state index contributed by atoms with van der Waals surface area (Å²) in [6.07, 6.45) is 6.48. The van der Waals surface area contributed by atoms with Gasteiger partial charge in [-0.1, -0.05) is 103 Å². The van der Waals surface area contributed by atoms with Crippen LogP contribution in [-0.2, 0) is 0 Å². The lowest BCUT2D eigenvalue weighted by Gasteiger charge is -2.34. The van der Waals surface area contributed by atoms with Gasteiger partial charge in [0, 0.05) is 15.3 Å². The molecule has 0 N–H and O–H groups in total. The Kier molecular flexibility index (Phi) is 5.78. The highest BCUT2D eigenvalue weighted by Gasteiger charge is 2.36. The van der Waals surface area contributed by atoms with Crippen LogP contribution in [0.5, 0.6) is 0 Å². The number of benzene rings is 4. The number of nitrogens with zero attached hydrogens (tertiary/aromatic N) is 2. The first-order valence-corrected chi connectivity index (χ1v) is 15.7. The van der Waals surface area contributed by atoms with Gasteiger partial charge >= 0.3 is 0 Å². The Labute approximate surface area is 228 Å². The lowest BCUT2D eigenvalue weighted by molar-refractivity contribution is 1.29. The van der Waals surface area contributed by atoms with Crippen molar-refractivity contribution < 1.29 is 0 Å². The molecular weight excluding hydrogens is 523 g/mol. The van der Waals surface area contributed by atoms with E-state index >= 15 is 0 Å². The van der Waals surface area contributed by atoms with Crippen molar-refractivity contribution in [1.29, 1.82) is 0 Å². The molecule has 0 saturated carbocycles. The van der Waals surface area contributed by atoms with E-state index in [4.69, 9.17) is 9.97 Å². The molecule has 7 rings (SSSR count). The third-order valence-electron chi connectivity index (χ3n) is 6.78. The maximum atomic E-state index is 13.2. The van der Waals surface area contributed by atoms with Crippen molar-refractivity contribution in [3.63, 3.8) is 0 Å². The van der Waals surface area contributed by atoms with Crippen molar-refractivity contribution in [1.82, 2.24) is 9.97 Å². The van der Waals surface area contributed by atoms with Gasteiger partial charge in [-0.25, -0.2) is 4.98 Å². The molecule has 6 aromatic rings. The average Bonchev–Trinajstić information content (AvgIpc) is 3.42. The molecule has 0 amide bonds. The molecule has 0 bridgehead atoms. The molecule has 0 aliphatic carbocycles. The molecule has 2 aromatic heterocycles. The summed E-state index contributed by atoms with van der Waals surface area (Å²) in [5, 5.41) is 7.12. The second-order valence-corrected chi connectivity index (χ2v) is 14.3. The molecule has 182 valence electrons. The molecule has 0 unspecified atom stereocenters.